The number of hydrogen-bond acceptors (Lipinski definition) is 5. The summed E-state index contributed by atoms with van der Waals surface area (Å²) < 4.78 is 1.11. The Morgan fingerprint density at radius 3 is 3.20 bits per heavy atom. The number of hydrogen-bond donors (Lipinski definition) is 1. The summed E-state index contributed by atoms with van der Waals surface area (Å²) in [6.45, 7) is 5.24. The van der Waals surface area contributed by atoms with E-state index < -0.39 is 0 Å². The zero-order valence-corrected chi connectivity index (χ0v) is 11.9. The van der Waals surface area contributed by atoms with E-state index in [0.717, 1.165) is 35.5 Å². The van der Waals surface area contributed by atoms with Gasteiger partial charge >= 0.3 is 0 Å². The molecule has 1 amide bonds. The Hall–Kier alpha value is -1.95. The zero-order valence-electron chi connectivity index (χ0n) is 11.1. The van der Waals surface area contributed by atoms with Crippen molar-refractivity contribution in [3.05, 3.63) is 30.4 Å². The lowest BCUT2D eigenvalue weighted by Gasteiger charge is -2.40. The summed E-state index contributed by atoms with van der Waals surface area (Å²) >= 11 is 1.65. The van der Waals surface area contributed by atoms with Gasteiger partial charge in [0.15, 0.2) is 0 Å². The molecule has 0 spiro atoms. The summed E-state index contributed by atoms with van der Waals surface area (Å²) in [6, 6.07) is 2.22. The number of rotatable bonds is 5. The number of carbonyl (C=O) groups excluding carboxylic acids is 1. The van der Waals surface area contributed by atoms with Crippen molar-refractivity contribution in [1.82, 2.24) is 15.3 Å². The number of anilines is 1. The second-order valence-electron chi connectivity index (χ2n) is 4.83. The molecule has 3 heterocycles. The lowest BCUT2D eigenvalue weighted by Crippen LogP contribution is -2.59. The molecule has 20 heavy (non-hydrogen) atoms. The highest BCUT2D eigenvalue weighted by molar-refractivity contribution is 7.17. The Kier molecular flexibility index (Phi) is 3.64. The van der Waals surface area contributed by atoms with Gasteiger partial charge in [0.2, 0.25) is 5.91 Å². The van der Waals surface area contributed by atoms with Gasteiger partial charge in [0.25, 0.3) is 0 Å². The normalized spacial score (nSPS) is 15.1. The first-order valence-corrected chi connectivity index (χ1v) is 7.49. The molecule has 1 aliphatic rings. The number of thiophene rings is 1. The first kappa shape index (κ1) is 13.1. The number of nitrogens with one attached hydrogen (secondary N) is 1. The molecule has 0 unspecified atom stereocenters. The van der Waals surface area contributed by atoms with Gasteiger partial charge in [-0.05, 0) is 17.9 Å². The van der Waals surface area contributed by atoms with Crippen LogP contribution in [0.3, 0.4) is 0 Å². The summed E-state index contributed by atoms with van der Waals surface area (Å²) in [5.74, 6) is 1.07. The van der Waals surface area contributed by atoms with Crippen molar-refractivity contribution in [2.75, 3.05) is 18.0 Å². The van der Waals surface area contributed by atoms with Crippen LogP contribution in [0.25, 0.3) is 10.2 Å². The molecule has 0 saturated carbocycles. The molecule has 3 rings (SSSR count). The molecule has 1 N–H and O–H groups in total. The third kappa shape index (κ3) is 2.51. The van der Waals surface area contributed by atoms with Gasteiger partial charge in [-0.1, -0.05) is 6.08 Å². The SMILES string of the molecule is C=CCCC(=O)NC1CN(c2ncnc3ccsc23)C1. The predicted molar refractivity (Wildman–Crippen MR) is 81.0 cm³/mol. The number of allylic oxidation sites excluding steroid dienone is 1. The summed E-state index contributed by atoms with van der Waals surface area (Å²) in [5.41, 5.74) is 0.985. The maximum Gasteiger partial charge on any atom is 0.220 e. The first-order chi connectivity index (χ1) is 9.78. The van der Waals surface area contributed by atoms with E-state index in [1.165, 1.54) is 0 Å². The molecule has 5 nitrogen and oxygen atoms in total. The molecule has 0 bridgehead atoms. The van der Waals surface area contributed by atoms with Crippen LogP contribution in [-0.4, -0.2) is 35.0 Å². The predicted octanol–water partition coefficient (Wildman–Crippen LogP) is 1.96. The van der Waals surface area contributed by atoms with E-state index in [4.69, 9.17) is 0 Å². The van der Waals surface area contributed by atoms with E-state index in [9.17, 15) is 4.79 Å². The van der Waals surface area contributed by atoms with Crippen molar-refractivity contribution in [1.29, 1.82) is 0 Å². The zero-order chi connectivity index (χ0) is 13.9. The van der Waals surface area contributed by atoms with Crippen LogP contribution in [0.1, 0.15) is 12.8 Å². The number of amides is 1. The Labute approximate surface area is 121 Å². The van der Waals surface area contributed by atoms with Crippen molar-refractivity contribution in [2.24, 2.45) is 0 Å². The molecular weight excluding hydrogens is 272 g/mol. The number of carbonyl (C=O) groups is 1. The fraction of sp³-hybridized carbons (Fsp3) is 0.357. The molecule has 2 aromatic heterocycles. The van der Waals surface area contributed by atoms with E-state index in [1.807, 2.05) is 11.4 Å². The third-order valence-corrected chi connectivity index (χ3v) is 4.25. The van der Waals surface area contributed by atoms with Crippen molar-refractivity contribution in [2.45, 2.75) is 18.9 Å². The molecule has 1 aliphatic heterocycles. The van der Waals surface area contributed by atoms with E-state index >= 15 is 0 Å². The Morgan fingerprint density at radius 1 is 1.55 bits per heavy atom. The molecule has 6 heteroatoms. The lowest BCUT2D eigenvalue weighted by atomic mass is 10.1. The molecule has 0 aliphatic carbocycles. The van der Waals surface area contributed by atoms with Gasteiger partial charge in [-0.2, -0.15) is 0 Å². The molecule has 2 aromatic rings. The van der Waals surface area contributed by atoms with Crippen LogP contribution in [0.4, 0.5) is 5.82 Å². The Balaban J connectivity index is 1.59. The van der Waals surface area contributed by atoms with Crippen molar-refractivity contribution in [3.8, 4) is 0 Å². The maximum absolute atomic E-state index is 11.6. The highest BCUT2D eigenvalue weighted by Crippen LogP contribution is 2.30. The van der Waals surface area contributed by atoms with Gasteiger partial charge in [0, 0.05) is 19.5 Å². The maximum atomic E-state index is 11.6. The number of aromatic nitrogens is 2. The second-order valence-corrected chi connectivity index (χ2v) is 5.75. The van der Waals surface area contributed by atoms with E-state index in [2.05, 4.69) is 26.8 Å². The van der Waals surface area contributed by atoms with Crippen LogP contribution in [0, 0.1) is 0 Å². The van der Waals surface area contributed by atoms with Crippen LogP contribution in [0.15, 0.2) is 30.4 Å². The van der Waals surface area contributed by atoms with Crippen molar-refractivity contribution in [3.63, 3.8) is 0 Å². The summed E-state index contributed by atoms with van der Waals surface area (Å²) in [5, 5.41) is 5.05. The van der Waals surface area contributed by atoms with Gasteiger partial charge in [0.05, 0.1) is 16.3 Å². The standard InChI is InChI=1S/C14H16N4OS/c1-2-3-4-12(19)17-10-7-18(8-10)14-13-11(5-6-20-13)15-9-16-14/h2,5-6,9-10H,1,3-4,7-8H2,(H,17,19). The van der Waals surface area contributed by atoms with Crippen LogP contribution in [0.2, 0.25) is 0 Å². The van der Waals surface area contributed by atoms with Crippen LogP contribution < -0.4 is 10.2 Å². The van der Waals surface area contributed by atoms with Crippen molar-refractivity contribution < 1.29 is 4.79 Å². The average Bonchev–Trinajstić information content (AvgIpc) is 2.88. The van der Waals surface area contributed by atoms with Gasteiger partial charge < -0.3 is 10.2 Å². The van der Waals surface area contributed by atoms with E-state index in [1.54, 1.807) is 23.7 Å². The monoisotopic (exact) mass is 288 g/mol. The quantitative estimate of drug-likeness (QED) is 0.855. The molecule has 0 aromatic carbocycles. The van der Waals surface area contributed by atoms with E-state index in [-0.39, 0.29) is 11.9 Å². The highest BCUT2D eigenvalue weighted by atomic mass is 32.1. The minimum absolute atomic E-state index is 0.0958. The molecule has 104 valence electrons. The van der Waals surface area contributed by atoms with Crippen LogP contribution >= 0.6 is 11.3 Å². The van der Waals surface area contributed by atoms with Crippen LogP contribution in [0.5, 0.6) is 0 Å². The first-order valence-electron chi connectivity index (χ1n) is 6.61. The molecule has 0 atom stereocenters. The molecule has 0 radical (unpaired) electrons. The molecule has 1 fully saturated rings. The minimum Gasteiger partial charge on any atom is -0.351 e. The van der Waals surface area contributed by atoms with Gasteiger partial charge in [0.1, 0.15) is 12.1 Å². The smallest absolute Gasteiger partial charge is 0.220 e. The summed E-state index contributed by atoms with van der Waals surface area (Å²) in [6.07, 6.45) is 4.61. The third-order valence-electron chi connectivity index (χ3n) is 3.35. The number of nitrogens with zero attached hydrogens (tertiary/aromatic N) is 3. The molecule has 1 saturated heterocycles. The number of fused-ring (bicyclic) bond motifs is 1. The topological polar surface area (TPSA) is 58.1 Å². The fourth-order valence-corrected chi connectivity index (χ4v) is 3.14. The lowest BCUT2D eigenvalue weighted by molar-refractivity contribution is -0.121. The molecular formula is C14H16N4OS. The highest BCUT2D eigenvalue weighted by Gasteiger charge is 2.30. The van der Waals surface area contributed by atoms with Crippen LogP contribution in [-0.2, 0) is 4.79 Å². The van der Waals surface area contributed by atoms with Crippen molar-refractivity contribution >= 4 is 33.3 Å². The van der Waals surface area contributed by atoms with Gasteiger partial charge in [-0.15, -0.1) is 17.9 Å². The largest absolute Gasteiger partial charge is 0.351 e. The van der Waals surface area contributed by atoms with Gasteiger partial charge in [-0.3, -0.25) is 4.79 Å². The Bertz CT molecular complexity index is 633. The fourth-order valence-electron chi connectivity index (χ4n) is 2.28. The van der Waals surface area contributed by atoms with Gasteiger partial charge in [-0.25, -0.2) is 9.97 Å². The van der Waals surface area contributed by atoms with E-state index in [0.29, 0.717) is 6.42 Å². The second kappa shape index (κ2) is 5.58. The Morgan fingerprint density at radius 2 is 2.40 bits per heavy atom. The summed E-state index contributed by atoms with van der Waals surface area (Å²) in [7, 11) is 0. The average molecular weight is 288 g/mol. The minimum atomic E-state index is 0.0958. The summed E-state index contributed by atoms with van der Waals surface area (Å²) in [4.78, 5) is 22.4.